The highest BCUT2D eigenvalue weighted by Crippen LogP contribution is 2.46. The zero-order chi connectivity index (χ0) is 47.3. The van der Waals surface area contributed by atoms with Crippen LogP contribution >= 0.6 is 24.1 Å². The number of aromatic amines is 1. The van der Waals surface area contributed by atoms with Gasteiger partial charge in [0.1, 0.15) is 5.69 Å². The molecule has 7 rings (SSSR count). The van der Waals surface area contributed by atoms with Crippen molar-refractivity contribution in [2.45, 2.75) is 14.7 Å². The van der Waals surface area contributed by atoms with Gasteiger partial charge in [-0.15, -0.1) is 29.1 Å². The zero-order valence-electron chi connectivity index (χ0n) is 32.3. The van der Waals surface area contributed by atoms with E-state index >= 15 is 0 Å². The van der Waals surface area contributed by atoms with E-state index in [-0.39, 0.29) is 66.3 Å². The third kappa shape index (κ3) is 10.1. The van der Waals surface area contributed by atoms with Gasteiger partial charge in [0.15, 0.2) is 17.1 Å². The van der Waals surface area contributed by atoms with Crippen LogP contribution in [-0.2, 0) is 28.9 Å². The zero-order valence-corrected chi connectivity index (χ0v) is 34.8. The van der Waals surface area contributed by atoms with Gasteiger partial charge in [-0.25, -0.2) is 29.6 Å². The number of fused-ring (bicyclic) bond motifs is 2. The number of carboxylic acid groups (broad SMARTS) is 3. The van der Waals surface area contributed by atoms with E-state index in [4.69, 9.17) is 10.5 Å². The van der Waals surface area contributed by atoms with E-state index < -0.39 is 55.6 Å². The molecule has 0 spiro atoms. The van der Waals surface area contributed by atoms with E-state index in [9.17, 15) is 52.6 Å². The fourth-order valence-corrected chi connectivity index (χ4v) is 7.39. The quantitative estimate of drug-likeness (QED) is 0.0138. The Balaban J connectivity index is 1.28. The van der Waals surface area contributed by atoms with Crippen molar-refractivity contribution in [1.29, 1.82) is 0 Å². The summed E-state index contributed by atoms with van der Waals surface area (Å²) >= 11 is 1.05. The predicted octanol–water partition coefficient (Wildman–Crippen LogP) is 9.62. The van der Waals surface area contributed by atoms with Gasteiger partial charge in [-0.3, -0.25) is 14.4 Å². The maximum absolute atomic E-state index is 13.4. The highest BCUT2D eigenvalue weighted by Gasteiger charge is 2.22. The summed E-state index contributed by atoms with van der Waals surface area (Å²) in [5.41, 5.74) is -3.11. The molecule has 0 saturated carbocycles. The maximum Gasteiger partial charge on any atom is 0.356 e. The number of aromatic carboxylic acids is 3. The van der Waals surface area contributed by atoms with E-state index in [1.165, 1.54) is 66.7 Å². The van der Waals surface area contributed by atoms with Crippen molar-refractivity contribution in [3.05, 3.63) is 124 Å². The van der Waals surface area contributed by atoms with Crippen molar-refractivity contribution in [3.63, 3.8) is 0 Å². The highest BCUT2D eigenvalue weighted by molar-refractivity contribution is 7.95. The molecule has 1 aromatic heterocycles. The molecule has 7 aromatic rings. The Hall–Kier alpha value is -7.77. The number of aromatic nitrogens is 2. The molecule has 0 aliphatic carbocycles. The van der Waals surface area contributed by atoms with Gasteiger partial charge in [-0.2, -0.15) is 18.6 Å². The Bertz CT molecular complexity index is 3330. The number of rotatable bonds is 17. The first-order valence-corrected chi connectivity index (χ1v) is 20.7. The SMILES string of the molecule is O=C(O)c1cc(N=Nc2ccc(N=Nc3c(SOOO)cc4ccc(N=Nc5c(C(=O)O)[nH]n(-c6ccc(SOOO)cc6)c5=O)cc4c3O)c3cc(S(=O)(=O)O)ccc23)cc(C(=O)O)c1. The number of H-pyrrole nitrogens is 1. The molecule has 28 heteroatoms. The molecule has 6 aromatic carbocycles. The van der Waals surface area contributed by atoms with Crippen LogP contribution in [0, 0.1) is 0 Å². The number of azo groups is 3. The van der Waals surface area contributed by atoms with E-state index in [1.807, 2.05) is 0 Å². The van der Waals surface area contributed by atoms with Crippen LogP contribution in [0.1, 0.15) is 31.2 Å². The van der Waals surface area contributed by atoms with Gasteiger partial charge in [-0.1, -0.05) is 22.2 Å². The van der Waals surface area contributed by atoms with Crippen LogP contribution in [0.4, 0.5) is 34.1 Å². The molecule has 25 nitrogen and oxygen atoms in total. The Morgan fingerprint density at radius 1 is 0.621 bits per heavy atom. The number of carbonyl (C=O) groups is 3. The Kier molecular flexibility index (Phi) is 13.7. The van der Waals surface area contributed by atoms with Crippen LogP contribution < -0.4 is 5.56 Å². The van der Waals surface area contributed by atoms with Crippen molar-refractivity contribution in [1.82, 2.24) is 9.78 Å². The number of nitrogens with zero attached hydrogens (tertiary/aromatic N) is 7. The average Bonchev–Trinajstić information content (AvgIpc) is 3.63. The number of carboxylic acids is 3. The molecule has 0 atom stereocenters. The van der Waals surface area contributed by atoms with Gasteiger partial charge in [0.05, 0.1) is 73.4 Å². The van der Waals surface area contributed by atoms with E-state index in [1.54, 1.807) is 0 Å². The molecule has 336 valence electrons. The van der Waals surface area contributed by atoms with E-state index in [2.05, 4.69) is 54.5 Å². The molecule has 0 radical (unpaired) electrons. The minimum atomic E-state index is -4.79. The number of hydrogen-bond acceptors (Lipinski definition) is 21. The average molecular weight is 961 g/mol. The van der Waals surface area contributed by atoms with Gasteiger partial charge in [0.25, 0.3) is 15.7 Å². The highest BCUT2D eigenvalue weighted by atomic mass is 32.2. The molecule has 8 N–H and O–H groups in total. The summed E-state index contributed by atoms with van der Waals surface area (Å²) in [7, 11) is -4.79. The lowest BCUT2D eigenvalue weighted by Gasteiger charge is -2.10. The smallest absolute Gasteiger partial charge is 0.356 e. The molecular weight excluding hydrogens is 937 g/mol. The fourth-order valence-electron chi connectivity index (χ4n) is 6.03. The molecule has 66 heavy (non-hydrogen) atoms. The molecule has 1 heterocycles. The Labute approximate surface area is 374 Å². The number of phenolic OH excluding ortho intramolecular Hbond substituents is 1. The third-order valence-electron chi connectivity index (χ3n) is 8.97. The second kappa shape index (κ2) is 19.5. The van der Waals surface area contributed by atoms with Gasteiger partial charge < -0.3 is 20.4 Å². The summed E-state index contributed by atoms with van der Waals surface area (Å²) in [5.74, 6) is -4.95. The van der Waals surface area contributed by atoms with Gasteiger partial charge in [-0.05, 0) is 90.3 Å². The molecule has 0 fully saturated rings. The standard InChI is InChI=1S/C38H24N8O17S3/c47-34-26-15-20(39-44-32-33(38(53)54)45-46(35(32)48)22-3-5-23(6-4-22)64-62-60-55)2-1-17(26)14-30(65-63-61-56)31(34)43-42-29-10-9-28(25-8-7-24(16-27(25)29)66(57,58)59)41-40-21-12-18(36(49)50)11-19(13-21)37(51)52/h1-16,45,47,55-56H,(H,49,50)(H,51,52)(H,53,54)(H,57,58,59). The summed E-state index contributed by atoms with van der Waals surface area (Å²) in [5, 5.41) is 92.3. The van der Waals surface area contributed by atoms with Crippen LogP contribution in [0.15, 0.2) is 147 Å². The maximum atomic E-state index is 13.4. The predicted molar refractivity (Wildman–Crippen MR) is 227 cm³/mol. The molecule has 0 amide bonds. The topological polar surface area (TPSA) is 376 Å². The number of benzene rings is 6. The lowest BCUT2D eigenvalue weighted by Crippen LogP contribution is -2.13. The first-order valence-electron chi connectivity index (χ1n) is 17.8. The molecular formula is C38H24N8O17S3. The van der Waals surface area contributed by atoms with Crippen molar-refractivity contribution < 1.29 is 77.0 Å². The van der Waals surface area contributed by atoms with Gasteiger partial charge in [0.2, 0.25) is 0 Å². The van der Waals surface area contributed by atoms with Crippen LogP contribution in [0.5, 0.6) is 5.75 Å². The Morgan fingerprint density at radius 2 is 1.24 bits per heavy atom. The lowest BCUT2D eigenvalue weighted by molar-refractivity contribution is -0.432. The van der Waals surface area contributed by atoms with Crippen LogP contribution in [-0.4, -0.2) is 71.6 Å². The number of hydrogen-bond donors (Lipinski definition) is 8. The molecule has 0 saturated heterocycles. The van der Waals surface area contributed by atoms with Crippen LogP contribution in [0.2, 0.25) is 0 Å². The normalized spacial score (nSPS) is 12.0. The monoisotopic (exact) mass is 960 g/mol. The van der Waals surface area contributed by atoms with Gasteiger partial charge >= 0.3 is 17.9 Å². The molecule has 0 aliphatic heterocycles. The minimum Gasteiger partial charge on any atom is -0.505 e. The lowest BCUT2D eigenvalue weighted by atomic mass is 10.1. The summed E-state index contributed by atoms with van der Waals surface area (Å²) in [6.45, 7) is 0. The van der Waals surface area contributed by atoms with Crippen molar-refractivity contribution >= 4 is 108 Å². The van der Waals surface area contributed by atoms with Crippen molar-refractivity contribution in [3.8, 4) is 11.4 Å². The first-order chi connectivity index (χ1) is 31.6. The third-order valence-corrected chi connectivity index (χ3v) is 11.0. The number of phenols is 1. The number of nitrogens with one attached hydrogen (secondary N) is 1. The molecule has 0 unspecified atom stereocenters. The van der Waals surface area contributed by atoms with E-state index in [0.29, 0.717) is 34.4 Å². The summed E-state index contributed by atoms with van der Waals surface area (Å²) in [4.78, 5) is 48.6. The molecule has 0 aliphatic rings. The second-order valence-electron chi connectivity index (χ2n) is 13.0. The summed E-state index contributed by atoms with van der Waals surface area (Å²) in [6.07, 6.45) is 0. The minimum absolute atomic E-state index is 0.00436. The van der Waals surface area contributed by atoms with E-state index in [0.717, 1.165) is 35.0 Å². The van der Waals surface area contributed by atoms with Gasteiger partial charge in [0, 0.05) is 21.1 Å². The van der Waals surface area contributed by atoms with Crippen molar-refractivity contribution in [2.75, 3.05) is 0 Å². The van der Waals surface area contributed by atoms with Crippen molar-refractivity contribution in [2.24, 2.45) is 30.7 Å². The first kappa shape index (κ1) is 46.2. The summed E-state index contributed by atoms with van der Waals surface area (Å²) < 4.78 is 44.1. The summed E-state index contributed by atoms with van der Waals surface area (Å²) in [6, 6.07) is 20.6. The molecule has 0 bridgehead atoms. The van der Waals surface area contributed by atoms with Crippen LogP contribution in [0.25, 0.3) is 27.2 Å². The number of aromatic hydroxyl groups is 1. The van der Waals surface area contributed by atoms with Crippen LogP contribution in [0.3, 0.4) is 0 Å². The fraction of sp³-hybridized carbons (Fsp3) is 0. The second-order valence-corrected chi connectivity index (χ2v) is 15.9. The Morgan fingerprint density at radius 3 is 1.88 bits per heavy atom. The largest absolute Gasteiger partial charge is 0.505 e.